The third-order valence-corrected chi connectivity index (χ3v) is 6.32. The van der Waals surface area contributed by atoms with Gasteiger partial charge in [-0.05, 0) is 37.5 Å². The van der Waals surface area contributed by atoms with Crippen molar-refractivity contribution < 1.29 is 14.6 Å². The van der Waals surface area contributed by atoms with Crippen LogP contribution in [0.5, 0.6) is 0 Å². The van der Waals surface area contributed by atoms with E-state index in [1.807, 2.05) is 56.3 Å². The number of carbonyl (C=O) groups excluding carboxylic acids is 1. The first-order valence-electron chi connectivity index (χ1n) is 10.5. The van der Waals surface area contributed by atoms with E-state index in [9.17, 15) is 25.0 Å². The SMILES string of the molecule is CC1(C)C[C@](C)(c2ccccc2)c2ccccc2N1C(=O)c1cc([N+](=O)[O-])cc([N+](=O)[O-])c1. The van der Waals surface area contributed by atoms with Gasteiger partial charge in [0.15, 0.2) is 0 Å². The number of non-ortho nitro benzene ring substituents is 2. The van der Waals surface area contributed by atoms with Crippen LogP contribution in [-0.2, 0) is 5.41 Å². The van der Waals surface area contributed by atoms with Crippen LogP contribution < -0.4 is 4.90 Å². The summed E-state index contributed by atoms with van der Waals surface area (Å²) >= 11 is 0. The smallest absolute Gasteiger partial charge is 0.277 e. The molecule has 1 atom stereocenters. The molecule has 4 rings (SSSR count). The Morgan fingerprint density at radius 2 is 1.39 bits per heavy atom. The highest BCUT2D eigenvalue weighted by Crippen LogP contribution is 2.50. The number of rotatable bonds is 4. The number of para-hydroxylation sites is 1. The first-order valence-corrected chi connectivity index (χ1v) is 10.5. The summed E-state index contributed by atoms with van der Waals surface area (Å²) < 4.78 is 0. The predicted octanol–water partition coefficient (Wildman–Crippen LogP) is 5.64. The summed E-state index contributed by atoms with van der Waals surface area (Å²) in [5, 5.41) is 22.7. The molecule has 3 aromatic carbocycles. The van der Waals surface area contributed by atoms with Gasteiger partial charge in [-0.3, -0.25) is 25.0 Å². The van der Waals surface area contributed by atoms with Crippen LogP contribution in [0, 0.1) is 20.2 Å². The van der Waals surface area contributed by atoms with Crippen LogP contribution in [0.2, 0.25) is 0 Å². The molecular formula is C25H23N3O5. The number of nitrogens with zero attached hydrogens (tertiary/aromatic N) is 3. The van der Waals surface area contributed by atoms with Crippen LogP contribution in [0.3, 0.4) is 0 Å². The van der Waals surface area contributed by atoms with Crippen LogP contribution in [0.1, 0.15) is 48.7 Å². The first kappa shape index (κ1) is 22.1. The van der Waals surface area contributed by atoms with Gasteiger partial charge in [0.05, 0.1) is 21.5 Å². The number of anilines is 1. The molecule has 1 amide bonds. The van der Waals surface area contributed by atoms with E-state index < -0.39 is 32.7 Å². The Balaban J connectivity index is 1.90. The summed E-state index contributed by atoms with van der Waals surface area (Å²) in [7, 11) is 0. The Hall–Kier alpha value is -4.07. The number of benzene rings is 3. The zero-order chi connectivity index (χ0) is 24.0. The van der Waals surface area contributed by atoms with Gasteiger partial charge in [-0.1, -0.05) is 55.5 Å². The summed E-state index contributed by atoms with van der Waals surface area (Å²) in [5.74, 6) is -0.519. The fraction of sp³-hybridized carbons (Fsp3) is 0.240. The zero-order valence-corrected chi connectivity index (χ0v) is 18.5. The van der Waals surface area contributed by atoms with E-state index in [1.165, 1.54) is 0 Å². The van der Waals surface area contributed by atoms with E-state index in [4.69, 9.17) is 0 Å². The molecule has 1 aliphatic heterocycles. The Morgan fingerprint density at radius 3 is 1.97 bits per heavy atom. The van der Waals surface area contributed by atoms with E-state index in [2.05, 4.69) is 19.1 Å². The van der Waals surface area contributed by atoms with E-state index in [-0.39, 0.29) is 11.0 Å². The quantitative estimate of drug-likeness (QED) is 0.382. The van der Waals surface area contributed by atoms with Gasteiger partial charge in [0.25, 0.3) is 17.3 Å². The van der Waals surface area contributed by atoms with Crippen LogP contribution in [0.25, 0.3) is 0 Å². The van der Waals surface area contributed by atoms with Crippen molar-refractivity contribution in [3.8, 4) is 0 Å². The van der Waals surface area contributed by atoms with Gasteiger partial charge >= 0.3 is 0 Å². The minimum atomic E-state index is -0.731. The number of nitro groups is 2. The number of amides is 1. The summed E-state index contributed by atoms with van der Waals surface area (Å²) in [5.41, 5.74) is 0.589. The average Bonchev–Trinajstić information content (AvgIpc) is 2.78. The van der Waals surface area contributed by atoms with Gasteiger partial charge in [0.1, 0.15) is 0 Å². The molecule has 8 heteroatoms. The van der Waals surface area contributed by atoms with Crippen molar-refractivity contribution in [3.63, 3.8) is 0 Å². The Morgan fingerprint density at radius 1 is 0.848 bits per heavy atom. The largest absolute Gasteiger partial charge is 0.302 e. The van der Waals surface area contributed by atoms with Crippen LogP contribution >= 0.6 is 0 Å². The van der Waals surface area contributed by atoms with Gasteiger partial charge in [-0.15, -0.1) is 0 Å². The molecule has 0 saturated heterocycles. The molecular weight excluding hydrogens is 422 g/mol. The number of hydrogen-bond donors (Lipinski definition) is 0. The summed E-state index contributed by atoms with van der Waals surface area (Å²) in [4.78, 5) is 36.6. The van der Waals surface area contributed by atoms with Crippen molar-refractivity contribution in [1.82, 2.24) is 0 Å². The van der Waals surface area contributed by atoms with Crippen LogP contribution in [-0.4, -0.2) is 21.3 Å². The molecule has 3 aromatic rings. The van der Waals surface area contributed by atoms with Crippen molar-refractivity contribution in [2.24, 2.45) is 0 Å². The second-order valence-corrected chi connectivity index (χ2v) is 9.10. The van der Waals surface area contributed by atoms with E-state index in [0.717, 1.165) is 29.3 Å². The number of nitro benzene ring substituents is 2. The standard InChI is InChI=1S/C25H23N3O5/c1-24(2)16-25(3,18-9-5-4-6-10-18)21-11-7-8-12-22(21)26(24)23(29)17-13-19(27(30)31)15-20(14-17)28(32)33/h4-15H,16H2,1-3H3/t25-/m1/s1. The molecule has 0 spiro atoms. The molecule has 0 radical (unpaired) electrons. The molecule has 0 bridgehead atoms. The van der Waals surface area contributed by atoms with Gasteiger partial charge in [0, 0.05) is 28.8 Å². The van der Waals surface area contributed by atoms with Gasteiger partial charge in [-0.25, -0.2) is 0 Å². The minimum Gasteiger partial charge on any atom is -0.302 e. The highest BCUT2D eigenvalue weighted by atomic mass is 16.6. The van der Waals surface area contributed by atoms with Crippen molar-refractivity contribution in [1.29, 1.82) is 0 Å². The van der Waals surface area contributed by atoms with Crippen LogP contribution in [0.15, 0.2) is 72.8 Å². The number of hydrogen-bond acceptors (Lipinski definition) is 5. The molecule has 33 heavy (non-hydrogen) atoms. The minimum absolute atomic E-state index is 0.0953. The van der Waals surface area contributed by atoms with E-state index in [0.29, 0.717) is 12.1 Å². The second-order valence-electron chi connectivity index (χ2n) is 9.10. The Bertz CT molecular complexity index is 1240. The van der Waals surface area contributed by atoms with Gasteiger partial charge in [-0.2, -0.15) is 0 Å². The van der Waals surface area contributed by atoms with Crippen molar-refractivity contribution in [2.45, 2.75) is 38.1 Å². The zero-order valence-electron chi connectivity index (χ0n) is 18.5. The molecule has 1 heterocycles. The normalized spacial score (nSPS) is 18.9. The van der Waals surface area contributed by atoms with Gasteiger partial charge < -0.3 is 4.90 Å². The topological polar surface area (TPSA) is 107 Å². The lowest BCUT2D eigenvalue weighted by molar-refractivity contribution is -0.394. The van der Waals surface area contributed by atoms with Crippen molar-refractivity contribution >= 4 is 23.0 Å². The maximum Gasteiger partial charge on any atom is 0.277 e. The molecule has 0 fully saturated rings. The van der Waals surface area contributed by atoms with E-state index in [1.54, 1.807) is 4.90 Å². The lowest BCUT2D eigenvalue weighted by Crippen LogP contribution is -2.55. The third kappa shape index (κ3) is 3.73. The Kier molecular flexibility index (Phi) is 5.24. The summed E-state index contributed by atoms with van der Waals surface area (Å²) in [6, 6.07) is 20.7. The number of carbonyl (C=O) groups is 1. The van der Waals surface area contributed by atoms with Gasteiger partial charge in [0.2, 0.25) is 0 Å². The summed E-state index contributed by atoms with van der Waals surface area (Å²) in [6.07, 6.45) is 0.587. The Labute approximate surface area is 190 Å². The lowest BCUT2D eigenvalue weighted by Gasteiger charge is -2.51. The molecule has 0 unspecified atom stereocenters. The molecule has 168 valence electrons. The molecule has 0 aromatic heterocycles. The lowest BCUT2D eigenvalue weighted by atomic mass is 9.65. The fourth-order valence-corrected chi connectivity index (χ4v) is 5.01. The molecule has 0 saturated carbocycles. The summed E-state index contributed by atoms with van der Waals surface area (Å²) in [6.45, 7) is 6.02. The van der Waals surface area contributed by atoms with Crippen LogP contribution in [0.4, 0.5) is 17.1 Å². The van der Waals surface area contributed by atoms with Crippen molar-refractivity contribution in [2.75, 3.05) is 4.90 Å². The molecule has 1 aliphatic rings. The maximum atomic E-state index is 13.8. The predicted molar refractivity (Wildman–Crippen MR) is 125 cm³/mol. The third-order valence-electron chi connectivity index (χ3n) is 6.32. The molecule has 0 N–H and O–H groups in total. The average molecular weight is 445 g/mol. The second kappa shape index (κ2) is 7.81. The highest BCUT2D eigenvalue weighted by molar-refractivity contribution is 6.08. The number of fused-ring (bicyclic) bond motifs is 1. The van der Waals surface area contributed by atoms with Crippen molar-refractivity contribution in [3.05, 3.63) is 110 Å². The highest BCUT2D eigenvalue weighted by Gasteiger charge is 2.48. The first-order chi connectivity index (χ1) is 15.5. The monoisotopic (exact) mass is 445 g/mol. The van der Waals surface area contributed by atoms with E-state index >= 15 is 0 Å². The maximum absolute atomic E-state index is 13.8. The molecule has 0 aliphatic carbocycles. The molecule has 8 nitrogen and oxygen atoms in total. The fourth-order valence-electron chi connectivity index (χ4n) is 5.01.